The van der Waals surface area contributed by atoms with E-state index in [2.05, 4.69) is 18.8 Å². The van der Waals surface area contributed by atoms with Gasteiger partial charge in [-0.3, -0.25) is 4.79 Å². The molecule has 0 spiro atoms. The summed E-state index contributed by atoms with van der Waals surface area (Å²) in [6.45, 7) is 8.52. The van der Waals surface area contributed by atoms with E-state index in [1.807, 2.05) is 6.92 Å². The van der Waals surface area contributed by atoms with Crippen molar-refractivity contribution in [1.82, 2.24) is 5.32 Å². The quantitative estimate of drug-likeness (QED) is 0.480. The lowest BCUT2D eigenvalue weighted by atomic mass is 10.3. The van der Waals surface area contributed by atoms with Crippen LogP contribution < -0.4 is 5.32 Å². The van der Waals surface area contributed by atoms with Gasteiger partial charge < -0.3 is 10.1 Å². The molecule has 0 rings (SSSR count). The predicted octanol–water partition coefficient (Wildman–Crippen LogP) is 1.10. The lowest BCUT2D eigenvalue weighted by molar-refractivity contribution is -0.116. The minimum atomic E-state index is -0.150. The van der Waals surface area contributed by atoms with E-state index >= 15 is 0 Å². The molecule has 0 saturated carbocycles. The molecule has 0 aromatic rings. The fourth-order valence-electron chi connectivity index (χ4n) is 0.624. The molecule has 0 aromatic carbocycles. The van der Waals surface area contributed by atoms with Crippen molar-refractivity contribution < 1.29 is 9.53 Å². The fourth-order valence-corrected chi connectivity index (χ4v) is 0.624. The molecule has 70 valence electrons. The van der Waals surface area contributed by atoms with Gasteiger partial charge in [-0.2, -0.15) is 0 Å². The third kappa shape index (κ3) is 5.92. The van der Waals surface area contributed by atoms with Gasteiger partial charge in [0.05, 0.1) is 12.7 Å². The van der Waals surface area contributed by atoms with Crippen molar-refractivity contribution in [2.75, 3.05) is 13.2 Å². The van der Waals surface area contributed by atoms with Gasteiger partial charge in [0.2, 0.25) is 5.91 Å². The highest BCUT2D eigenvalue weighted by atomic mass is 16.5. The van der Waals surface area contributed by atoms with Gasteiger partial charge in [-0.15, -0.1) is 0 Å². The smallest absolute Gasteiger partial charge is 0.243 e. The highest BCUT2D eigenvalue weighted by molar-refractivity contribution is 5.86. The van der Waals surface area contributed by atoms with Crippen LogP contribution in [0, 0.1) is 0 Å². The number of carbonyl (C=O) groups excluding carboxylic acids is 1. The second-order valence-corrected chi connectivity index (χ2v) is 2.58. The molecule has 0 saturated heterocycles. The maximum absolute atomic E-state index is 10.6. The Hall–Kier alpha value is -0.830. The van der Waals surface area contributed by atoms with Crippen LogP contribution in [0.3, 0.4) is 0 Å². The molecule has 0 aliphatic heterocycles. The Labute approximate surface area is 73.8 Å². The molecule has 0 bridgehead atoms. The zero-order valence-corrected chi connectivity index (χ0v) is 7.80. The molecule has 0 heterocycles. The summed E-state index contributed by atoms with van der Waals surface area (Å²) in [6, 6.07) is 0. The van der Waals surface area contributed by atoms with Crippen molar-refractivity contribution in [2.24, 2.45) is 0 Å². The highest BCUT2D eigenvalue weighted by Crippen LogP contribution is 1.93. The second kappa shape index (κ2) is 6.85. The molecule has 3 nitrogen and oxygen atoms in total. The van der Waals surface area contributed by atoms with E-state index in [4.69, 9.17) is 4.74 Å². The number of ether oxygens (including phenoxy) is 1. The molecule has 12 heavy (non-hydrogen) atoms. The Balaban J connectivity index is 3.21. The number of rotatable bonds is 6. The van der Waals surface area contributed by atoms with E-state index in [1.54, 1.807) is 0 Å². The van der Waals surface area contributed by atoms with Gasteiger partial charge in [0, 0.05) is 6.54 Å². The molecule has 1 N–H and O–H groups in total. The molecule has 0 aromatic heterocycles. The van der Waals surface area contributed by atoms with Gasteiger partial charge in [0.25, 0.3) is 0 Å². The van der Waals surface area contributed by atoms with E-state index in [9.17, 15) is 4.79 Å². The summed E-state index contributed by atoms with van der Waals surface area (Å²) < 4.78 is 5.34. The van der Waals surface area contributed by atoms with Crippen molar-refractivity contribution in [1.29, 1.82) is 0 Å². The summed E-state index contributed by atoms with van der Waals surface area (Å²) in [5, 5.41) is 2.63. The zero-order chi connectivity index (χ0) is 9.40. The Morgan fingerprint density at radius 1 is 1.75 bits per heavy atom. The van der Waals surface area contributed by atoms with E-state index in [0.717, 1.165) is 6.42 Å². The Morgan fingerprint density at radius 3 is 2.92 bits per heavy atom. The van der Waals surface area contributed by atoms with Gasteiger partial charge in [-0.05, 0) is 19.4 Å². The molecule has 1 atom stereocenters. The van der Waals surface area contributed by atoms with Crippen LogP contribution in [0.4, 0.5) is 0 Å². The monoisotopic (exact) mass is 171 g/mol. The summed E-state index contributed by atoms with van der Waals surface area (Å²) in [4.78, 5) is 10.6. The number of carbonyl (C=O) groups is 1. The summed E-state index contributed by atoms with van der Waals surface area (Å²) >= 11 is 0. The average Bonchev–Trinajstić information content (AvgIpc) is 2.11. The second-order valence-electron chi connectivity index (χ2n) is 2.58. The van der Waals surface area contributed by atoms with E-state index < -0.39 is 0 Å². The van der Waals surface area contributed by atoms with Crippen LogP contribution in [-0.4, -0.2) is 25.2 Å². The van der Waals surface area contributed by atoms with Gasteiger partial charge in [-0.25, -0.2) is 0 Å². The molecular formula is C9H17NO2. The van der Waals surface area contributed by atoms with Crippen molar-refractivity contribution in [3.05, 3.63) is 12.7 Å². The van der Waals surface area contributed by atoms with E-state index in [0.29, 0.717) is 13.2 Å². The molecule has 1 amide bonds. The number of hydrogen-bond donors (Lipinski definition) is 1. The third-order valence-electron chi connectivity index (χ3n) is 1.56. The number of nitrogens with one attached hydrogen (secondary N) is 1. The Kier molecular flexibility index (Phi) is 6.38. The third-order valence-corrected chi connectivity index (χ3v) is 1.56. The van der Waals surface area contributed by atoms with Crippen LogP contribution in [0.15, 0.2) is 12.7 Å². The summed E-state index contributed by atoms with van der Waals surface area (Å²) in [5.74, 6) is -0.150. The van der Waals surface area contributed by atoms with Crippen molar-refractivity contribution in [2.45, 2.75) is 26.4 Å². The lowest BCUT2D eigenvalue weighted by Gasteiger charge is -2.09. The fraction of sp³-hybridized carbons (Fsp3) is 0.667. The molecule has 0 radical (unpaired) electrons. The Bertz CT molecular complexity index is 145. The first-order chi connectivity index (χ1) is 5.70. The van der Waals surface area contributed by atoms with E-state index in [-0.39, 0.29) is 12.0 Å². The molecule has 0 aliphatic carbocycles. The van der Waals surface area contributed by atoms with Crippen LogP contribution in [0.25, 0.3) is 0 Å². The first kappa shape index (κ1) is 11.2. The number of hydrogen-bond acceptors (Lipinski definition) is 2. The van der Waals surface area contributed by atoms with Gasteiger partial charge in [0.15, 0.2) is 0 Å². The van der Waals surface area contributed by atoms with Gasteiger partial charge in [-0.1, -0.05) is 13.5 Å². The highest BCUT2D eigenvalue weighted by Gasteiger charge is 1.97. The van der Waals surface area contributed by atoms with Crippen LogP contribution in [-0.2, 0) is 9.53 Å². The lowest BCUT2D eigenvalue weighted by Crippen LogP contribution is -2.26. The summed E-state index contributed by atoms with van der Waals surface area (Å²) in [7, 11) is 0. The zero-order valence-electron chi connectivity index (χ0n) is 7.80. The molecule has 0 aliphatic rings. The molecule has 1 unspecified atom stereocenters. The van der Waals surface area contributed by atoms with E-state index in [1.165, 1.54) is 6.08 Å². The number of amides is 1. The molecular weight excluding hydrogens is 154 g/mol. The first-order valence-corrected chi connectivity index (χ1v) is 4.22. The molecule has 0 fully saturated rings. The first-order valence-electron chi connectivity index (χ1n) is 4.22. The van der Waals surface area contributed by atoms with Gasteiger partial charge in [0.1, 0.15) is 0 Å². The normalized spacial score (nSPS) is 12.2. The minimum absolute atomic E-state index is 0.150. The maximum Gasteiger partial charge on any atom is 0.243 e. The maximum atomic E-state index is 10.6. The Morgan fingerprint density at radius 2 is 2.42 bits per heavy atom. The van der Waals surface area contributed by atoms with Crippen molar-refractivity contribution in [3.63, 3.8) is 0 Å². The largest absolute Gasteiger partial charge is 0.377 e. The van der Waals surface area contributed by atoms with Crippen LogP contribution >= 0.6 is 0 Å². The van der Waals surface area contributed by atoms with Crippen LogP contribution in [0.2, 0.25) is 0 Å². The topological polar surface area (TPSA) is 38.3 Å². The summed E-state index contributed by atoms with van der Waals surface area (Å²) in [6.07, 6.45) is 2.52. The standard InChI is InChI=1S/C9H17NO2/c1-4-8(3)12-7-6-10-9(11)5-2/h5,8H,2,4,6-7H2,1,3H3,(H,10,11). The van der Waals surface area contributed by atoms with Gasteiger partial charge >= 0.3 is 0 Å². The van der Waals surface area contributed by atoms with Crippen molar-refractivity contribution >= 4 is 5.91 Å². The van der Waals surface area contributed by atoms with Crippen molar-refractivity contribution in [3.8, 4) is 0 Å². The summed E-state index contributed by atoms with van der Waals surface area (Å²) in [5.41, 5.74) is 0. The SMILES string of the molecule is C=CC(=O)NCCOC(C)CC. The van der Waals surface area contributed by atoms with Crippen LogP contribution in [0.5, 0.6) is 0 Å². The minimum Gasteiger partial charge on any atom is -0.377 e. The van der Waals surface area contributed by atoms with Crippen LogP contribution in [0.1, 0.15) is 20.3 Å². The molecule has 3 heteroatoms. The predicted molar refractivity (Wildman–Crippen MR) is 48.9 cm³/mol. The average molecular weight is 171 g/mol.